The molecule has 2 aromatic rings. The Morgan fingerprint density at radius 3 is 2.62 bits per heavy atom. The first kappa shape index (κ1) is 21.3. The summed E-state index contributed by atoms with van der Waals surface area (Å²) < 4.78 is 5.42. The van der Waals surface area contributed by atoms with Crippen LogP contribution in [0.1, 0.15) is 62.7 Å². The quantitative estimate of drug-likeness (QED) is 0.750. The average molecular weight is 440 g/mol. The molecule has 2 N–H and O–H groups in total. The molecule has 2 fully saturated rings. The van der Waals surface area contributed by atoms with E-state index in [1.807, 2.05) is 28.9 Å². The Balaban J connectivity index is 1.58. The second-order valence-electron chi connectivity index (χ2n) is 9.75. The minimum atomic E-state index is -0.387. The van der Waals surface area contributed by atoms with Gasteiger partial charge in [0.05, 0.1) is 25.2 Å². The minimum absolute atomic E-state index is 0.0463. The number of aromatic amines is 1. The highest BCUT2D eigenvalue weighted by Crippen LogP contribution is 2.49. The topological polar surface area (TPSA) is 85.9 Å². The number of hydrogen-bond acceptors (Lipinski definition) is 4. The molecule has 7 nitrogen and oxygen atoms in total. The van der Waals surface area contributed by atoms with E-state index in [4.69, 9.17) is 4.74 Å². The lowest BCUT2D eigenvalue weighted by atomic mass is 9.68. The smallest absolute Gasteiger partial charge is 0.226 e. The van der Waals surface area contributed by atoms with Crippen molar-refractivity contribution in [2.75, 3.05) is 33.4 Å². The van der Waals surface area contributed by atoms with Crippen molar-refractivity contribution in [2.45, 2.75) is 56.9 Å². The lowest BCUT2D eigenvalue weighted by molar-refractivity contribution is -0.147. The zero-order chi connectivity index (χ0) is 22.5. The number of amides is 2. The van der Waals surface area contributed by atoms with Crippen LogP contribution < -0.4 is 4.74 Å². The van der Waals surface area contributed by atoms with Gasteiger partial charge in [-0.2, -0.15) is 0 Å². The van der Waals surface area contributed by atoms with Gasteiger partial charge in [0.15, 0.2) is 0 Å². The summed E-state index contributed by atoms with van der Waals surface area (Å²) in [4.78, 5) is 33.5. The third-order valence-electron chi connectivity index (χ3n) is 7.71. The number of fused-ring (bicyclic) bond motifs is 4. The van der Waals surface area contributed by atoms with Crippen LogP contribution in [0.25, 0.3) is 10.9 Å². The first-order chi connectivity index (χ1) is 15.5. The number of benzene rings is 1. The van der Waals surface area contributed by atoms with Gasteiger partial charge >= 0.3 is 0 Å². The summed E-state index contributed by atoms with van der Waals surface area (Å²) >= 11 is 0. The first-order valence-electron chi connectivity index (χ1n) is 11.9. The SMILES string of the molecule is CCCC(=O)N1CC2(C1)CN(C(=O)C1CCCC1)[C@H](CO)c1[nH]c3cc(OC)ccc3c12. The molecule has 0 unspecified atom stereocenters. The van der Waals surface area contributed by atoms with Gasteiger partial charge in [0.1, 0.15) is 5.75 Å². The number of methoxy groups -OCH3 is 1. The van der Waals surface area contributed by atoms with Crippen LogP contribution in [-0.2, 0) is 15.0 Å². The minimum Gasteiger partial charge on any atom is -0.497 e. The van der Waals surface area contributed by atoms with Crippen LogP contribution in [0.2, 0.25) is 0 Å². The van der Waals surface area contributed by atoms with Crippen molar-refractivity contribution in [3.8, 4) is 5.75 Å². The summed E-state index contributed by atoms with van der Waals surface area (Å²) in [5.41, 5.74) is 2.72. The zero-order valence-corrected chi connectivity index (χ0v) is 19.0. The lowest BCUT2D eigenvalue weighted by Gasteiger charge is -2.56. The summed E-state index contributed by atoms with van der Waals surface area (Å²) in [6.07, 6.45) is 5.43. The lowest BCUT2D eigenvalue weighted by Crippen LogP contribution is -2.68. The molecule has 0 radical (unpaired) electrons. The third-order valence-corrected chi connectivity index (χ3v) is 7.71. The van der Waals surface area contributed by atoms with Gasteiger partial charge in [0, 0.05) is 54.6 Å². The number of ether oxygens (including phenoxy) is 1. The Morgan fingerprint density at radius 2 is 1.97 bits per heavy atom. The van der Waals surface area contributed by atoms with Crippen molar-refractivity contribution in [1.29, 1.82) is 0 Å². The number of nitrogens with one attached hydrogen (secondary N) is 1. The Kier molecular flexibility index (Phi) is 5.40. The number of nitrogens with zero attached hydrogens (tertiary/aromatic N) is 2. The van der Waals surface area contributed by atoms with Gasteiger partial charge in [0.2, 0.25) is 11.8 Å². The van der Waals surface area contributed by atoms with E-state index >= 15 is 0 Å². The predicted molar refractivity (Wildman–Crippen MR) is 122 cm³/mol. The molecule has 32 heavy (non-hydrogen) atoms. The van der Waals surface area contributed by atoms with Crippen molar-refractivity contribution in [1.82, 2.24) is 14.8 Å². The molecule has 1 saturated carbocycles. The molecule has 1 atom stereocenters. The molecule has 1 aromatic carbocycles. The van der Waals surface area contributed by atoms with Gasteiger partial charge in [-0.05, 0) is 37.0 Å². The van der Waals surface area contributed by atoms with E-state index in [2.05, 4.69) is 11.1 Å². The number of carbonyl (C=O) groups is 2. The maximum atomic E-state index is 13.5. The summed E-state index contributed by atoms with van der Waals surface area (Å²) in [5, 5.41) is 11.5. The summed E-state index contributed by atoms with van der Waals surface area (Å²) in [7, 11) is 1.65. The van der Waals surface area contributed by atoms with Gasteiger partial charge in [-0.25, -0.2) is 0 Å². The normalized spacial score (nSPS) is 22.3. The molecule has 1 aromatic heterocycles. The fraction of sp³-hybridized carbons (Fsp3) is 0.600. The maximum Gasteiger partial charge on any atom is 0.226 e. The molecule has 3 aliphatic rings. The highest BCUT2D eigenvalue weighted by Gasteiger charge is 2.55. The number of carbonyl (C=O) groups excluding carboxylic acids is 2. The van der Waals surface area contributed by atoms with Crippen molar-refractivity contribution >= 4 is 22.7 Å². The standard InChI is InChI=1S/C25H33N3O4/c1-3-6-21(30)27-13-25(14-27)15-28(24(31)16-7-4-5-8-16)20(12-29)23-22(25)18-10-9-17(32-2)11-19(18)26-23/h9-11,16,20,26,29H,3-8,12-15H2,1-2H3/t20-/m1/s1. The number of likely N-dealkylation sites (tertiary alicyclic amines) is 1. The van der Waals surface area contributed by atoms with Gasteiger partial charge in [0.25, 0.3) is 0 Å². The van der Waals surface area contributed by atoms with E-state index in [9.17, 15) is 14.7 Å². The van der Waals surface area contributed by atoms with E-state index in [0.29, 0.717) is 26.1 Å². The molecule has 0 bridgehead atoms. The van der Waals surface area contributed by atoms with Crippen LogP contribution in [-0.4, -0.2) is 65.1 Å². The van der Waals surface area contributed by atoms with Gasteiger partial charge in [-0.1, -0.05) is 19.8 Å². The van der Waals surface area contributed by atoms with Gasteiger partial charge < -0.3 is 24.6 Å². The van der Waals surface area contributed by atoms with Crippen LogP contribution in [0.4, 0.5) is 0 Å². The molecule has 5 rings (SSSR count). The molecule has 172 valence electrons. The fourth-order valence-corrected chi connectivity index (χ4v) is 6.14. The van der Waals surface area contributed by atoms with Gasteiger partial charge in [-0.15, -0.1) is 0 Å². The van der Waals surface area contributed by atoms with E-state index in [1.165, 1.54) is 0 Å². The molecule has 1 aliphatic carbocycles. The molecule has 3 heterocycles. The van der Waals surface area contributed by atoms with Crippen molar-refractivity contribution in [3.63, 3.8) is 0 Å². The molecule has 2 amide bonds. The van der Waals surface area contributed by atoms with E-state index in [0.717, 1.165) is 60.0 Å². The number of aromatic nitrogens is 1. The highest BCUT2D eigenvalue weighted by molar-refractivity contribution is 5.90. The Morgan fingerprint density at radius 1 is 1.22 bits per heavy atom. The van der Waals surface area contributed by atoms with Crippen LogP contribution in [0.3, 0.4) is 0 Å². The van der Waals surface area contributed by atoms with E-state index in [1.54, 1.807) is 7.11 Å². The van der Waals surface area contributed by atoms with E-state index < -0.39 is 0 Å². The Hall–Kier alpha value is -2.54. The Labute approximate surface area is 188 Å². The van der Waals surface area contributed by atoms with Crippen molar-refractivity contribution in [2.24, 2.45) is 5.92 Å². The highest BCUT2D eigenvalue weighted by atomic mass is 16.5. The average Bonchev–Trinajstić information content (AvgIpc) is 3.43. The van der Waals surface area contributed by atoms with Crippen LogP contribution in [0, 0.1) is 5.92 Å². The number of H-pyrrole nitrogens is 1. The number of rotatable bonds is 5. The molecular formula is C25H33N3O4. The summed E-state index contributed by atoms with van der Waals surface area (Å²) in [6.45, 7) is 3.68. The third kappa shape index (κ3) is 3.20. The molecule has 1 spiro atoms. The van der Waals surface area contributed by atoms with Crippen LogP contribution in [0.15, 0.2) is 18.2 Å². The molecular weight excluding hydrogens is 406 g/mol. The molecule has 7 heteroatoms. The second kappa shape index (κ2) is 8.10. The number of hydrogen-bond donors (Lipinski definition) is 2. The van der Waals surface area contributed by atoms with Crippen molar-refractivity contribution in [3.05, 3.63) is 29.5 Å². The monoisotopic (exact) mass is 439 g/mol. The second-order valence-corrected chi connectivity index (χ2v) is 9.75. The molecule has 1 saturated heterocycles. The Bertz CT molecular complexity index is 1030. The van der Waals surface area contributed by atoms with E-state index in [-0.39, 0.29) is 35.8 Å². The van der Waals surface area contributed by atoms with Crippen molar-refractivity contribution < 1.29 is 19.4 Å². The largest absolute Gasteiger partial charge is 0.497 e. The summed E-state index contributed by atoms with van der Waals surface area (Å²) in [6, 6.07) is 5.59. The molecule has 2 aliphatic heterocycles. The summed E-state index contributed by atoms with van der Waals surface area (Å²) in [5.74, 6) is 1.14. The predicted octanol–water partition coefficient (Wildman–Crippen LogP) is 3.12. The fourth-order valence-electron chi connectivity index (χ4n) is 6.14. The van der Waals surface area contributed by atoms with Crippen LogP contribution >= 0.6 is 0 Å². The maximum absolute atomic E-state index is 13.5. The number of aliphatic hydroxyl groups excluding tert-OH is 1. The zero-order valence-electron chi connectivity index (χ0n) is 19.0. The van der Waals surface area contributed by atoms with Gasteiger partial charge in [-0.3, -0.25) is 9.59 Å². The first-order valence-corrected chi connectivity index (χ1v) is 11.9. The van der Waals surface area contributed by atoms with Crippen LogP contribution in [0.5, 0.6) is 5.75 Å². The number of aliphatic hydroxyl groups is 1.